The van der Waals surface area contributed by atoms with Gasteiger partial charge in [-0.25, -0.2) is 0 Å². The van der Waals surface area contributed by atoms with Gasteiger partial charge in [-0.1, -0.05) is 17.7 Å². The summed E-state index contributed by atoms with van der Waals surface area (Å²) in [6, 6.07) is 9.33. The summed E-state index contributed by atoms with van der Waals surface area (Å²) in [6.45, 7) is 6.54. The van der Waals surface area contributed by atoms with Crippen LogP contribution in [0, 0.1) is 20.8 Å². The summed E-state index contributed by atoms with van der Waals surface area (Å²) in [5, 5.41) is 5.79. The number of aryl methyl sites for hydroxylation is 3. The third-order valence-corrected chi connectivity index (χ3v) is 4.52. The molecule has 0 fully saturated rings. The van der Waals surface area contributed by atoms with Gasteiger partial charge in [0.1, 0.15) is 0 Å². The minimum absolute atomic E-state index is 0.122. The molecule has 1 aliphatic rings. The van der Waals surface area contributed by atoms with Crippen LogP contribution < -0.4 is 25.0 Å². The Bertz CT molecular complexity index is 888. The third kappa shape index (κ3) is 4.80. The number of quaternary nitrogens is 1. The molecule has 0 aliphatic carbocycles. The monoisotopic (exact) mass is 384 g/mol. The lowest BCUT2D eigenvalue weighted by Gasteiger charge is -2.16. The second-order valence-electron chi connectivity index (χ2n) is 7.25. The first-order valence-electron chi connectivity index (χ1n) is 9.20. The minimum atomic E-state index is -0.174. The molecule has 0 saturated carbocycles. The van der Waals surface area contributed by atoms with Crippen molar-refractivity contribution in [2.75, 3.05) is 37.6 Å². The smallest absolute Gasteiger partial charge is 0.279 e. The summed E-state index contributed by atoms with van der Waals surface area (Å²) in [4.78, 5) is 25.4. The highest BCUT2D eigenvalue weighted by atomic mass is 16.7. The number of ether oxygens (including phenoxy) is 2. The molecule has 3 N–H and O–H groups in total. The van der Waals surface area contributed by atoms with Crippen molar-refractivity contribution in [2.24, 2.45) is 0 Å². The Hall–Kier alpha value is -3.06. The van der Waals surface area contributed by atoms with Crippen LogP contribution in [0.25, 0.3) is 0 Å². The van der Waals surface area contributed by atoms with Gasteiger partial charge >= 0.3 is 0 Å². The normalized spacial score (nSPS) is 13.1. The average molecular weight is 384 g/mol. The first kappa shape index (κ1) is 19.7. The number of anilines is 2. The van der Waals surface area contributed by atoms with E-state index in [4.69, 9.17) is 9.47 Å². The van der Waals surface area contributed by atoms with Crippen molar-refractivity contribution >= 4 is 23.2 Å². The zero-order chi connectivity index (χ0) is 20.3. The summed E-state index contributed by atoms with van der Waals surface area (Å²) < 4.78 is 10.6. The number of carbonyl (C=O) groups excluding carboxylic acids is 2. The highest BCUT2D eigenvalue weighted by Crippen LogP contribution is 2.34. The molecule has 2 aromatic rings. The van der Waals surface area contributed by atoms with Gasteiger partial charge in [0, 0.05) is 17.4 Å². The highest BCUT2D eigenvalue weighted by molar-refractivity contribution is 5.94. The number of benzene rings is 2. The quantitative estimate of drug-likeness (QED) is 0.704. The van der Waals surface area contributed by atoms with Crippen molar-refractivity contribution in [3.63, 3.8) is 0 Å². The number of hydrogen-bond donors (Lipinski definition) is 3. The van der Waals surface area contributed by atoms with Crippen molar-refractivity contribution in [2.45, 2.75) is 20.8 Å². The van der Waals surface area contributed by atoms with E-state index in [9.17, 15) is 9.59 Å². The Morgan fingerprint density at radius 3 is 2.21 bits per heavy atom. The van der Waals surface area contributed by atoms with Gasteiger partial charge in [0.15, 0.2) is 24.6 Å². The molecule has 148 valence electrons. The molecule has 0 spiro atoms. The van der Waals surface area contributed by atoms with Crippen LogP contribution in [0.4, 0.5) is 11.4 Å². The minimum Gasteiger partial charge on any atom is -0.454 e. The molecule has 7 heteroatoms. The van der Waals surface area contributed by atoms with Crippen molar-refractivity contribution < 1.29 is 24.0 Å². The maximum atomic E-state index is 12.4. The molecule has 2 aromatic carbocycles. The van der Waals surface area contributed by atoms with Crippen molar-refractivity contribution in [1.29, 1.82) is 0 Å². The number of carbonyl (C=O) groups is 2. The Labute approximate surface area is 164 Å². The van der Waals surface area contributed by atoms with E-state index in [2.05, 4.69) is 10.6 Å². The van der Waals surface area contributed by atoms with Gasteiger partial charge < -0.3 is 25.0 Å². The second kappa shape index (κ2) is 8.31. The predicted molar refractivity (Wildman–Crippen MR) is 107 cm³/mol. The van der Waals surface area contributed by atoms with Crippen LogP contribution in [0.5, 0.6) is 11.5 Å². The molecule has 1 heterocycles. The zero-order valence-electron chi connectivity index (χ0n) is 16.6. The Balaban J connectivity index is 1.51. The van der Waals surface area contributed by atoms with Crippen LogP contribution in [-0.2, 0) is 9.59 Å². The van der Waals surface area contributed by atoms with E-state index in [0.717, 1.165) is 27.3 Å². The molecule has 1 atom stereocenters. The van der Waals surface area contributed by atoms with Crippen molar-refractivity contribution in [3.05, 3.63) is 47.0 Å². The van der Waals surface area contributed by atoms with Crippen LogP contribution in [0.1, 0.15) is 16.7 Å². The first-order valence-corrected chi connectivity index (χ1v) is 9.20. The second-order valence-corrected chi connectivity index (χ2v) is 7.25. The molecule has 0 radical (unpaired) electrons. The molecule has 3 rings (SSSR count). The lowest BCUT2D eigenvalue weighted by Crippen LogP contribution is -3.11. The summed E-state index contributed by atoms with van der Waals surface area (Å²) in [5.74, 6) is 0.983. The molecule has 1 unspecified atom stereocenters. The molecule has 2 amide bonds. The van der Waals surface area contributed by atoms with Gasteiger partial charge in [0.25, 0.3) is 11.8 Å². The molecular weight excluding hydrogens is 358 g/mol. The summed E-state index contributed by atoms with van der Waals surface area (Å²) in [6.07, 6.45) is 0. The molecule has 7 nitrogen and oxygen atoms in total. The first-order chi connectivity index (χ1) is 13.3. The maximum absolute atomic E-state index is 12.4. The molecule has 0 bridgehead atoms. The number of amides is 2. The fourth-order valence-corrected chi connectivity index (χ4v) is 3.35. The van der Waals surface area contributed by atoms with Gasteiger partial charge in [-0.3, -0.25) is 9.59 Å². The summed E-state index contributed by atoms with van der Waals surface area (Å²) in [7, 11) is 1.81. The fourth-order valence-electron chi connectivity index (χ4n) is 3.35. The lowest BCUT2D eigenvalue weighted by molar-refractivity contribution is -0.862. The van der Waals surface area contributed by atoms with E-state index < -0.39 is 0 Å². The number of rotatable bonds is 6. The molecule has 1 aliphatic heterocycles. The van der Waals surface area contributed by atoms with E-state index >= 15 is 0 Å². The molecule has 0 aromatic heterocycles. The largest absolute Gasteiger partial charge is 0.454 e. The van der Waals surface area contributed by atoms with E-state index in [0.29, 0.717) is 17.2 Å². The number of likely N-dealkylation sites (N-methyl/N-ethyl adjacent to an activating group) is 1. The van der Waals surface area contributed by atoms with Crippen LogP contribution in [0.15, 0.2) is 30.3 Å². The number of nitrogens with one attached hydrogen (secondary N) is 3. The number of hydrogen-bond acceptors (Lipinski definition) is 4. The topological polar surface area (TPSA) is 81.1 Å². The van der Waals surface area contributed by atoms with E-state index in [1.165, 1.54) is 0 Å². The summed E-state index contributed by atoms with van der Waals surface area (Å²) >= 11 is 0. The zero-order valence-corrected chi connectivity index (χ0v) is 16.6. The van der Waals surface area contributed by atoms with Gasteiger partial charge in [-0.15, -0.1) is 0 Å². The average Bonchev–Trinajstić information content (AvgIpc) is 3.05. The van der Waals surface area contributed by atoms with Crippen LogP contribution in [-0.4, -0.2) is 38.7 Å². The SMILES string of the molecule is Cc1cc(C)c(NC(=O)C[NH+](C)CC(=O)Nc2ccc3c(c2)OCO3)c(C)c1. The highest BCUT2D eigenvalue weighted by Gasteiger charge is 2.18. The van der Waals surface area contributed by atoms with Gasteiger partial charge in [-0.2, -0.15) is 0 Å². The third-order valence-electron chi connectivity index (χ3n) is 4.52. The van der Waals surface area contributed by atoms with Crippen LogP contribution >= 0.6 is 0 Å². The fraction of sp³-hybridized carbons (Fsp3) is 0.333. The number of fused-ring (bicyclic) bond motifs is 1. The van der Waals surface area contributed by atoms with Crippen molar-refractivity contribution in [1.82, 2.24) is 0 Å². The molecule has 28 heavy (non-hydrogen) atoms. The van der Waals surface area contributed by atoms with E-state index in [1.807, 2.05) is 40.0 Å². The molecule has 0 saturated heterocycles. The standard InChI is InChI=1S/C21H25N3O4/c1-13-7-14(2)21(15(3)8-13)23-20(26)11-24(4)10-19(25)22-16-5-6-17-18(9-16)28-12-27-17/h5-9H,10-12H2,1-4H3,(H,22,25)(H,23,26)/p+1. The van der Waals surface area contributed by atoms with Crippen LogP contribution in [0.2, 0.25) is 0 Å². The Morgan fingerprint density at radius 2 is 1.54 bits per heavy atom. The molecular formula is C21H26N3O4+. The Kier molecular flexibility index (Phi) is 5.84. The van der Waals surface area contributed by atoms with E-state index in [1.54, 1.807) is 18.2 Å². The van der Waals surface area contributed by atoms with Crippen molar-refractivity contribution in [3.8, 4) is 11.5 Å². The maximum Gasteiger partial charge on any atom is 0.279 e. The van der Waals surface area contributed by atoms with Gasteiger partial charge in [-0.05, 0) is 44.0 Å². The lowest BCUT2D eigenvalue weighted by atomic mass is 10.1. The van der Waals surface area contributed by atoms with Crippen LogP contribution in [0.3, 0.4) is 0 Å². The predicted octanol–water partition coefficient (Wildman–Crippen LogP) is 1.43. The van der Waals surface area contributed by atoms with E-state index in [-0.39, 0.29) is 31.7 Å². The van der Waals surface area contributed by atoms with Gasteiger partial charge in [0.05, 0.1) is 7.05 Å². The Morgan fingerprint density at radius 1 is 0.929 bits per heavy atom. The van der Waals surface area contributed by atoms with Gasteiger partial charge in [0.2, 0.25) is 6.79 Å². The summed E-state index contributed by atoms with van der Waals surface area (Å²) in [5.41, 5.74) is 4.70.